The molecule has 1 saturated carbocycles. The number of nitrogens with zero attached hydrogens (tertiary/aromatic N) is 4. The summed E-state index contributed by atoms with van der Waals surface area (Å²) in [6, 6.07) is 13.6. The van der Waals surface area contributed by atoms with E-state index in [4.69, 9.17) is 16.6 Å². The summed E-state index contributed by atoms with van der Waals surface area (Å²) in [5.41, 5.74) is 11.4. The summed E-state index contributed by atoms with van der Waals surface area (Å²) in [5, 5.41) is 14.8. The van der Waals surface area contributed by atoms with Crippen molar-refractivity contribution in [3.05, 3.63) is 107 Å². The van der Waals surface area contributed by atoms with Crippen LogP contribution < -0.4 is 16.8 Å². The summed E-state index contributed by atoms with van der Waals surface area (Å²) in [6.07, 6.45) is -0.575. The van der Waals surface area contributed by atoms with Gasteiger partial charge in [0.15, 0.2) is 5.69 Å². The molecule has 1 aliphatic rings. The quantitative estimate of drug-likeness (QED) is 0.113. The van der Waals surface area contributed by atoms with Gasteiger partial charge in [0, 0.05) is 36.0 Å². The van der Waals surface area contributed by atoms with Gasteiger partial charge in [0.25, 0.3) is 5.91 Å². The number of hydrogen-bond donors (Lipinski definition) is 4. The fraction of sp³-hybridized carbons (Fsp3) is 0.233. The highest BCUT2D eigenvalue weighted by molar-refractivity contribution is 6.04. The Hall–Kier alpha value is -5.11. The van der Waals surface area contributed by atoms with E-state index in [2.05, 4.69) is 20.4 Å². The number of aromatic nitrogens is 3. The zero-order valence-electron chi connectivity index (χ0n) is 23.0. The van der Waals surface area contributed by atoms with Crippen LogP contribution in [0.2, 0.25) is 0 Å². The van der Waals surface area contributed by atoms with Crippen LogP contribution in [0.3, 0.4) is 0 Å². The number of rotatable bonds is 9. The van der Waals surface area contributed by atoms with Crippen LogP contribution in [0.1, 0.15) is 58.1 Å². The number of aliphatic imine (C=N–C) groups is 1. The minimum atomic E-state index is -4.91. The Morgan fingerprint density at radius 3 is 2.52 bits per heavy atom. The fourth-order valence-corrected chi connectivity index (χ4v) is 4.92. The molecule has 0 saturated heterocycles. The highest BCUT2D eigenvalue weighted by atomic mass is 19.4. The number of carbonyl (C=O) groups excluding carboxylic acids is 1. The van der Waals surface area contributed by atoms with Crippen molar-refractivity contribution in [2.45, 2.75) is 37.4 Å². The predicted molar refractivity (Wildman–Crippen MR) is 153 cm³/mol. The largest absolute Gasteiger partial charge is 0.463 e. The summed E-state index contributed by atoms with van der Waals surface area (Å²) >= 11 is 0. The number of carboxylic acid groups (broad SMARTS) is 1. The van der Waals surface area contributed by atoms with Gasteiger partial charge in [-0.05, 0) is 66.6 Å². The molecule has 5 rings (SSSR count). The van der Waals surface area contributed by atoms with E-state index >= 15 is 4.39 Å². The predicted octanol–water partition coefficient (Wildman–Crippen LogP) is 5.32. The molecule has 2 heterocycles. The van der Waals surface area contributed by atoms with E-state index in [1.54, 1.807) is 24.5 Å². The van der Waals surface area contributed by atoms with Gasteiger partial charge in [-0.3, -0.25) is 9.78 Å². The molecule has 4 aromatic rings. The lowest BCUT2D eigenvalue weighted by molar-refractivity contribution is -0.141. The van der Waals surface area contributed by atoms with Crippen LogP contribution in [0.5, 0.6) is 0 Å². The van der Waals surface area contributed by atoms with Gasteiger partial charge in [-0.2, -0.15) is 23.3 Å². The van der Waals surface area contributed by atoms with Gasteiger partial charge in [-0.15, -0.1) is 0 Å². The molecule has 2 aromatic carbocycles. The van der Waals surface area contributed by atoms with E-state index in [1.165, 1.54) is 36.4 Å². The van der Waals surface area contributed by atoms with Crippen LogP contribution in [0, 0.1) is 11.7 Å². The van der Waals surface area contributed by atoms with Gasteiger partial charge in [0.1, 0.15) is 17.3 Å². The molecule has 2 atom stereocenters. The van der Waals surface area contributed by atoms with Crippen LogP contribution in [-0.4, -0.2) is 43.7 Å². The lowest BCUT2D eigenvalue weighted by atomic mass is 9.85. The molecule has 0 aliphatic heterocycles. The van der Waals surface area contributed by atoms with Gasteiger partial charge in [0.2, 0.25) is 0 Å². The van der Waals surface area contributed by atoms with Gasteiger partial charge >= 0.3 is 12.3 Å². The number of nitrogens with one attached hydrogen (secondary N) is 1. The molecule has 0 spiro atoms. The summed E-state index contributed by atoms with van der Waals surface area (Å²) in [7, 11) is 0. The Kier molecular flexibility index (Phi) is 8.45. The van der Waals surface area contributed by atoms with Crippen molar-refractivity contribution >= 4 is 23.5 Å². The van der Waals surface area contributed by atoms with Gasteiger partial charge in [-0.1, -0.05) is 24.3 Å². The summed E-state index contributed by atoms with van der Waals surface area (Å²) in [6.45, 7) is 0. The molecule has 1 aliphatic carbocycles. The summed E-state index contributed by atoms with van der Waals surface area (Å²) < 4.78 is 56.8. The molecule has 6 N–H and O–H groups in total. The molecule has 2 aromatic heterocycles. The Bertz CT molecular complexity index is 1720. The third-order valence-corrected chi connectivity index (χ3v) is 7.30. The third kappa shape index (κ3) is 6.92. The Morgan fingerprint density at radius 2 is 1.86 bits per heavy atom. The lowest BCUT2D eigenvalue weighted by Crippen LogP contribution is -2.25. The molecule has 0 bridgehead atoms. The van der Waals surface area contributed by atoms with Gasteiger partial charge in [0.05, 0.1) is 11.4 Å². The first-order valence-corrected chi connectivity index (χ1v) is 13.5. The lowest BCUT2D eigenvalue weighted by Gasteiger charge is -2.22. The molecule has 10 nitrogen and oxygen atoms in total. The van der Waals surface area contributed by atoms with Crippen LogP contribution in [-0.2, 0) is 6.18 Å². The molecule has 14 heteroatoms. The van der Waals surface area contributed by atoms with Crippen LogP contribution in [0.4, 0.5) is 28.0 Å². The van der Waals surface area contributed by atoms with E-state index in [0.29, 0.717) is 28.7 Å². The Labute approximate surface area is 248 Å². The highest BCUT2D eigenvalue weighted by Crippen LogP contribution is 2.39. The average molecular weight is 610 g/mol. The Balaban J connectivity index is 1.50. The maximum absolute atomic E-state index is 15.0. The van der Waals surface area contributed by atoms with E-state index in [0.717, 1.165) is 18.4 Å². The fourth-order valence-electron chi connectivity index (χ4n) is 4.92. The second-order valence-electron chi connectivity index (χ2n) is 10.4. The second kappa shape index (κ2) is 12.2. The molecule has 228 valence electrons. The van der Waals surface area contributed by atoms with Crippen LogP contribution in [0.15, 0.2) is 78.0 Å². The second-order valence-corrected chi connectivity index (χ2v) is 10.4. The number of pyridine rings is 1. The maximum Gasteiger partial charge on any atom is 0.435 e. The first-order chi connectivity index (χ1) is 20.9. The van der Waals surface area contributed by atoms with Crippen molar-refractivity contribution in [1.29, 1.82) is 0 Å². The summed E-state index contributed by atoms with van der Waals surface area (Å²) in [5.74, 6) is -2.19. The van der Waals surface area contributed by atoms with Crippen molar-refractivity contribution in [1.82, 2.24) is 14.8 Å². The van der Waals surface area contributed by atoms with E-state index < -0.39 is 41.2 Å². The number of benzene rings is 2. The number of halogens is 4. The Morgan fingerprint density at radius 1 is 1.09 bits per heavy atom. The SMILES string of the molecule is NC(=NC(=O)O)c1cccc(-n2nc(C(F)(F)F)cc2C(=O)Nc2cc(C(C[C@H](N)C3CC3)c3cccnc3)ccc2F)c1. The number of amidine groups is 1. The first-order valence-electron chi connectivity index (χ1n) is 13.5. The third-order valence-electron chi connectivity index (χ3n) is 7.30. The molecule has 2 amide bonds. The normalized spacial score (nSPS) is 15.1. The smallest absolute Gasteiger partial charge is 0.435 e. The first kappa shape index (κ1) is 30.4. The number of carbonyl (C=O) groups is 2. The molecular weight excluding hydrogens is 582 g/mol. The highest BCUT2D eigenvalue weighted by Gasteiger charge is 2.36. The minimum Gasteiger partial charge on any atom is -0.463 e. The van der Waals surface area contributed by atoms with E-state index in [9.17, 15) is 22.8 Å². The van der Waals surface area contributed by atoms with Gasteiger partial charge < -0.3 is 21.9 Å². The van der Waals surface area contributed by atoms with Crippen molar-refractivity contribution in [2.24, 2.45) is 22.4 Å². The number of alkyl halides is 3. The number of nitrogens with two attached hydrogens (primary N) is 2. The van der Waals surface area contributed by atoms with Gasteiger partial charge in [-0.25, -0.2) is 13.9 Å². The zero-order chi connectivity index (χ0) is 31.6. The van der Waals surface area contributed by atoms with Crippen molar-refractivity contribution < 1.29 is 32.3 Å². The maximum atomic E-state index is 15.0. The summed E-state index contributed by atoms with van der Waals surface area (Å²) in [4.78, 5) is 31.7. The van der Waals surface area contributed by atoms with Crippen LogP contribution in [0.25, 0.3) is 5.69 Å². The van der Waals surface area contributed by atoms with Crippen LogP contribution >= 0.6 is 0 Å². The molecule has 0 radical (unpaired) electrons. The molecular formula is C30H27F4N7O3. The number of anilines is 1. The molecule has 1 fully saturated rings. The van der Waals surface area contributed by atoms with Crippen molar-refractivity contribution in [2.75, 3.05) is 5.32 Å². The topological polar surface area (TPSA) is 162 Å². The van der Waals surface area contributed by atoms with Crippen molar-refractivity contribution in [3.63, 3.8) is 0 Å². The van der Waals surface area contributed by atoms with E-state index in [1.807, 2.05) is 6.07 Å². The average Bonchev–Trinajstić information content (AvgIpc) is 3.74. The van der Waals surface area contributed by atoms with E-state index in [-0.39, 0.29) is 28.9 Å². The zero-order valence-corrected chi connectivity index (χ0v) is 23.0. The standard InChI is InChI=1S/C30H27F4N7O3/c31-22-9-8-17(21(13-23(35)16-6-7-16)19-4-2-10-37-15-19)12-24(22)38-28(42)25-14-26(30(32,33)34)40-41(25)20-5-1-3-18(11-20)27(36)39-29(43)44/h1-5,8-12,14-16,21,23H,6-7,13,35H2,(H2,36,39)(H,38,42)(H,43,44)/t21?,23-/m0/s1. The monoisotopic (exact) mass is 609 g/mol. The van der Waals surface area contributed by atoms with Crippen molar-refractivity contribution in [3.8, 4) is 5.69 Å². The molecule has 1 unspecified atom stereocenters. The minimum absolute atomic E-state index is 0.0494. The number of hydrogen-bond acceptors (Lipinski definition) is 5. The molecule has 44 heavy (non-hydrogen) atoms. The number of amides is 2.